The van der Waals surface area contributed by atoms with E-state index >= 15 is 0 Å². The van der Waals surface area contributed by atoms with Crippen molar-refractivity contribution in [3.05, 3.63) is 46.2 Å². The van der Waals surface area contributed by atoms with Crippen LogP contribution in [0.3, 0.4) is 0 Å². The Hall–Kier alpha value is -1.97. The molecule has 20 heavy (non-hydrogen) atoms. The zero-order valence-corrected chi connectivity index (χ0v) is 12.6. The van der Waals surface area contributed by atoms with E-state index in [9.17, 15) is 13.7 Å². The molecule has 0 aliphatic carbocycles. The highest BCUT2D eigenvalue weighted by atomic mass is 32.2. The van der Waals surface area contributed by atoms with E-state index in [0.717, 1.165) is 11.8 Å². The highest BCUT2D eigenvalue weighted by Gasteiger charge is 2.19. The van der Waals surface area contributed by atoms with Crippen LogP contribution in [0.5, 0.6) is 0 Å². The van der Waals surface area contributed by atoms with E-state index in [1.54, 1.807) is 6.07 Å². The molecule has 0 radical (unpaired) electrons. The van der Waals surface area contributed by atoms with Gasteiger partial charge >= 0.3 is 0 Å². The van der Waals surface area contributed by atoms with Crippen molar-refractivity contribution in [2.24, 2.45) is 0 Å². The lowest BCUT2D eigenvalue weighted by molar-refractivity contribution is 0.601. The van der Waals surface area contributed by atoms with E-state index in [0.29, 0.717) is 11.1 Å². The van der Waals surface area contributed by atoms with Gasteiger partial charge in [-0.3, -0.25) is 0 Å². The van der Waals surface area contributed by atoms with Gasteiger partial charge in [0.25, 0.3) is 0 Å². The van der Waals surface area contributed by atoms with Crippen LogP contribution in [-0.2, 0) is 9.84 Å². The molecular formula is C14H12N2O2S2. The van der Waals surface area contributed by atoms with Crippen molar-refractivity contribution in [2.45, 2.75) is 11.8 Å². The third kappa shape index (κ3) is 2.64. The van der Waals surface area contributed by atoms with E-state index in [-0.39, 0.29) is 15.1 Å². The fraction of sp³-hybridized carbons (Fsp3) is 0.143. The van der Waals surface area contributed by atoms with Crippen molar-refractivity contribution in [1.29, 1.82) is 5.26 Å². The van der Waals surface area contributed by atoms with E-state index in [2.05, 4.69) is 4.98 Å². The molecule has 1 aromatic heterocycles. The molecule has 0 spiro atoms. The summed E-state index contributed by atoms with van der Waals surface area (Å²) in [5.41, 5.74) is 2.18. The minimum Gasteiger partial charge on any atom is -0.350 e. The van der Waals surface area contributed by atoms with E-state index in [4.69, 9.17) is 12.2 Å². The first-order chi connectivity index (χ1) is 9.34. The molecule has 0 amide bonds. The van der Waals surface area contributed by atoms with Crippen LogP contribution in [0.4, 0.5) is 0 Å². The number of hydrogen-bond donors (Lipinski definition) is 1. The third-order valence-corrected chi connectivity index (χ3v) is 4.32. The average molecular weight is 304 g/mol. The first kappa shape index (κ1) is 14.4. The second-order valence-corrected chi connectivity index (χ2v) is 6.88. The molecule has 4 nitrogen and oxygen atoms in total. The number of pyridine rings is 1. The molecular weight excluding hydrogens is 292 g/mol. The second kappa shape index (κ2) is 5.19. The molecule has 0 aliphatic rings. The molecule has 2 aromatic rings. The molecule has 1 heterocycles. The summed E-state index contributed by atoms with van der Waals surface area (Å²) in [4.78, 5) is 2.74. The number of nitrogens with zero attached hydrogens (tertiary/aromatic N) is 1. The lowest BCUT2D eigenvalue weighted by Crippen LogP contribution is -2.04. The fourth-order valence-corrected chi connectivity index (χ4v) is 3.07. The summed E-state index contributed by atoms with van der Waals surface area (Å²) in [7, 11) is -3.47. The molecule has 0 aliphatic heterocycles. The van der Waals surface area contributed by atoms with Gasteiger partial charge in [0.1, 0.15) is 10.7 Å². The second-order valence-electron chi connectivity index (χ2n) is 4.49. The molecule has 102 valence electrons. The Balaban J connectivity index is 2.96. The summed E-state index contributed by atoms with van der Waals surface area (Å²) < 4.78 is 24.1. The Bertz CT molecular complexity index is 875. The number of sulfone groups is 1. The van der Waals surface area contributed by atoms with Crippen molar-refractivity contribution in [3.8, 4) is 17.2 Å². The van der Waals surface area contributed by atoms with Gasteiger partial charge < -0.3 is 4.98 Å². The Morgan fingerprint density at radius 3 is 2.60 bits per heavy atom. The van der Waals surface area contributed by atoms with Gasteiger partial charge in [-0.25, -0.2) is 8.42 Å². The van der Waals surface area contributed by atoms with Crippen molar-refractivity contribution < 1.29 is 8.42 Å². The predicted molar refractivity (Wildman–Crippen MR) is 79.6 cm³/mol. The Kier molecular flexibility index (Phi) is 3.75. The number of H-pyrrole nitrogens is 1. The lowest BCUT2D eigenvalue weighted by Gasteiger charge is -2.11. The van der Waals surface area contributed by atoms with Crippen LogP contribution < -0.4 is 0 Å². The average Bonchev–Trinajstić information content (AvgIpc) is 2.36. The van der Waals surface area contributed by atoms with Crippen molar-refractivity contribution in [3.63, 3.8) is 0 Å². The molecule has 0 saturated carbocycles. The lowest BCUT2D eigenvalue weighted by atomic mass is 10.0. The zero-order valence-electron chi connectivity index (χ0n) is 11.0. The molecule has 2 rings (SSSR count). The topological polar surface area (TPSA) is 73.7 Å². The van der Waals surface area contributed by atoms with Gasteiger partial charge in [0, 0.05) is 18.0 Å². The summed E-state index contributed by atoms with van der Waals surface area (Å²) >= 11 is 5.08. The standard InChI is InChI=1S/C14H12N2O2S2/c1-9-4-3-5-10(6-9)13-11(7-15)14(19)16-8-12(13)20(2,17)18/h3-6,8H,1-2H3,(H,16,19). The van der Waals surface area contributed by atoms with Crippen LogP contribution in [0.2, 0.25) is 0 Å². The fourth-order valence-electron chi connectivity index (χ4n) is 2.00. The van der Waals surface area contributed by atoms with Gasteiger partial charge in [-0.2, -0.15) is 5.26 Å². The van der Waals surface area contributed by atoms with Gasteiger partial charge in [0.15, 0.2) is 9.84 Å². The normalized spacial score (nSPS) is 11.1. The van der Waals surface area contributed by atoms with Gasteiger partial charge in [-0.1, -0.05) is 42.0 Å². The number of hydrogen-bond acceptors (Lipinski definition) is 4. The van der Waals surface area contributed by atoms with E-state index in [1.807, 2.05) is 31.2 Å². The number of rotatable bonds is 2. The first-order valence-corrected chi connectivity index (χ1v) is 8.07. The minimum absolute atomic E-state index is 0.0771. The first-order valence-electron chi connectivity index (χ1n) is 5.77. The zero-order chi connectivity index (χ0) is 14.9. The summed E-state index contributed by atoms with van der Waals surface area (Å²) in [6.07, 6.45) is 2.45. The number of aromatic nitrogens is 1. The van der Waals surface area contributed by atoms with Crippen LogP contribution in [0.25, 0.3) is 11.1 Å². The molecule has 0 unspecified atom stereocenters. The summed E-state index contributed by atoms with van der Waals surface area (Å²) in [6, 6.07) is 9.32. The van der Waals surface area contributed by atoms with Crippen LogP contribution in [-0.4, -0.2) is 19.7 Å². The van der Waals surface area contributed by atoms with Crippen LogP contribution in [0.15, 0.2) is 35.4 Å². The Morgan fingerprint density at radius 2 is 2.05 bits per heavy atom. The molecule has 0 atom stereocenters. The number of nitrogens with one attached hydrogen (secondary N) is 1. The number of nitriles is 1. The summed E-state index contributed by atoms with van der Waals surface area (Å²) in [5.74, 6) is 0. The quantitative estimate of drug-likeness (QED) is 0.866. The van der Waals surface area contributed by atoms with Crippen molar-refractivity contribution in [2.75, 3.05) is 6.26 Å². The highest BCUT2D eigenvalue weighted by Crippen LogP contribution is 2.31. The molecule has 0 fully saturated rings. The van der Waals surface area contributed by atoms with Crippen LogP contribution >= 0.6 is 12.2 Å². The maximum Gasteiger partial charge on any atom is 0.177 e. The van der Waals surface area contributed by atoms with Crippen molar-refractivity contribution in [1.82, 2.24) is 4.98 Å². The molecule has 0 saturated heterocycles. The maximum atomic E-state index is 11.9. The Morgan fingerprint density at radius 1 is 1.35 bits per heavy atom. The highest BCUT2D eigenvalue weighted by molar-refractivity contribution is 7.90. The molecule has 1 aromatic carbocycles. The maximum absolute atomic E-state index is 11.9. The van der Waals surface area contributed by atoms with Gasteiger partial charge in [0.2, 0.25) is 0 Å². The smallest absolute Gasteiger partial charge is 0.177 e. The molecule has 1 N–H and O–H groups in total. The van der Waals surface area contributed by atoms with Gasteiger partial charge in [0.05, 0.1) is 10.5 Å². The largest absolute Gasteiger partial charge is 0.350 e. The number of benzene rings is 1. The van der Waals surface area contributed by atoms with E-state index in [1.165, 1.54) is 6.20 Å². The Labute approximate surface area is 122 Å². The van der Waals surface area contributed by atoms with E-state index < -0.39 is 9.84 Å². The van der Waals surface area contributed by atoms with Gasteiger partial charge in [-0.05, 0) is 12.5 Å². The molecule has 0 bridgehead atoms. The van der Waals surface area contributed by atoms with Gasteiger partial charge in [-0.15, -0.1) is 0 Å². The number of aromatic amines is 1. The summed E-state index contributed by atoms with van der Waals surface area (Å²) in [5, 5.41) is 9.29. The van der Waals surface area contributed by atoms with Crippen LogP contribution in [0, 0.1) is 22.9 Å². The SMILES string of the molecule is Cc1cccc(-c2c(S(C)(=O)=O)c[nH]c(=S)c2C#N)c1. The monoisotopic (exact) mass is 304 g/mol. The minimum atomic E-state index is -3.47. The predicted octanol–water partition coefficient (Wildman–Crippen LogP) is 2.99. The summed E-state index contributed by atoms with van der Waals surface area (Å²) in [6.45, 7) is 1.90. The van der Waals surface area contributed by atoms with Crippen molar-refractivity contribution >= 4 is 22.1 Å². The molecule has 6 heteroatoms. The van der Waals surface area contributed by atoms with Crippen LogP contribution in [0.1, 0.15) is 11.1 Å². The third-order valence-electron chi connectivity index (χ3n) is 2.88. The number of aryl methyl sites for hydroxylation is 1.